The number of nitrogens with zero attached hydrogens (tertiary/aromatic N) is 2. The van der Waals surface area contributed by atoms with Crippen LogP contribution in [0.1, 0.15) is 1.37 Å². The first-order valence-corrected chi connectivity index (χ1v) is 12.2. The number of aromatic nitrogens is 2. The Hall–Kier alpha value is -3.32. The van der Waals surface area contributed by atoms with Gasteiger partial charge in [-0.15, -0.1) is 18.2 Å². The summed E-state index contributed by atoms with van der Waals surface area (Å²) in [6.07, 6.45) is 3.25. The van der Waals surface area contributed by atoms with Crippen LogP contribution in [0.15, 0.2) is 103 Å². The molecule has 2 aromatic heterocycles. The van der Waals surface area contributed by atoms with Gasteiger partial charge in [0, 0.05) is 29.5 Å². The van der Waals surface area contributed by atoms with Gasteiger partial charge in [0.25, 0.3) is 0 Å². The van der Waals surface area contributed by atoms with Gasteiger partial charge < -0.3 is 9.30 Å². The Labute approximate surface area is 213 Å². The first-order chi connectivity index (χ1) is 16.6. The zero-order valence-electron chi connectivity index (χ0n) is 18.7. The summed E-state index contributed by atoms with van der Waals surface area (Å²) in [5.74, 6) is 0.652. The van der Waals surface area contributed by atoms with Crippen molar-refractivity contribution in [2.24, 2.45) is 0 Å². The molecule has 0 saturated carbocycles. The second-order valence-electron chi connectivity index (χ2n) is 7.57. The number of rotatable bonds is 4. The number of benzene rings is 3. The Morgan fingerprint density at radius 2 is 1.56 bits per heavy atom. The van der Waals surface area contributed by atoms with Crippen molar-refractivity contribution >= 4 is 23.2 Å². The van der Waals surface area contributed by atoms with E-state index in [1.165, 1.54) is 0 Å². The molecule has 0 radical (unpaired) electrons. The average Bonchev–Trinajstić information content (AvgIpc) is 3.15. The minimum absolute atomic E-state index is 0. The van der Waals surface area contributed by atoms with Crippen LogP contribution >= 0.6 is 7.14 Å². The Kier molecular flexibility index (Phi) is 5.71. The molecule has 34 heavy (non-hydrogen) atoms. The summed E-state index contributed by atoms with van der Waals surface area (Å²) in [6.45, 7) is 0. The van der Waals surface area contributed by atoms with Gasteiger partial charge >= 0.3 is 21.1 Å². The topological polar surface area (TPSA) is 52.1 Å². The molecule has 5 aromatic rings. The van der Waals surface area contributed by atoms with Gasteiger partial charge in [-0.2, -0.15) is 24.3 Å². The quantitative estimate of drug-likeness (QED) is 0.198. The summed E-state index contributed by atoms with van der Waals surface area (Å²) in [7, 11) is -3.17. The van der Waals surface area contributed by atoms with E-state index >= 15 is 0 Å². The summed E-state index contributed by atoms with van der Waals surface area (Å²) >= 11 is 0. The Morgan fingerprint density at radius 3 is 2.41 bits per heavy atom. The number of hydrogen-bond acceptors (Lipinski definition) is 4. The van der Waals surface area contributed by atoms with Gasteiger partial charge in [0.15, 0.2) is 7.14 Å². The first-order valence-electron chi connectivity index (χ1n) is 11.0. The molecule has 166 valence electrons. The van der Waals surface area contributed by atoms with Crippen molar-refractivity contribution in [1.29, 1.82) is 0 Å². The van der Waals surface area contributed by atoms with Gasteiger partial charge in [-0.05, 0) is 23.8 Å². The van der Waals surface area contributed by atoms with E-state index in [4.69, 9.17) is 6.11 Å². The van der Waals surface area contributed by atoms with Gasteiger partial charge in [0.05, 0.1) is 1.37 Å². The summed E-state index contributed by atoms with van der Waals surface area (Å²) < 4.78 is 28.4. The third-order valence-corrected chi connectivity index (χ3v) is 8.55. The first kappa shape index (κ1) is 21.2. The Morgan fingerprint density at radius 1 is 0.765 bits per heavy atom. The minimum Gasteiger partial charge on any atom is -0.460 e. The molecule has 1 unspecified atom stereocenters. The van der Waals surface area contributed by atoms with Crippen molar-refractivity contribution < 1.29 is 31.7 Å². The molecule has 0 spiro atoms. The van der Waals surface area contributed by atoms with Crippen LogP contribution in [0.2, 0.25) is 0 Å². The van der Waals surface area contributed by atoms with Crippen LogP contribution in [0.4, 0.5) is 0 Å². The number of hydrogen-bond donors (Lipinski definition) is 0. The summed E-state index contributed by atoms with van der Waals surface area (Å²) in [6, 6.07) is 32.9. The smallest absolute Gasteiger partial charge is 0.460 e. The van der Waals surface area contributed by atoms with E-state index in [0.717, 1.165) is 27.6 Å². The molecule has 0 amide bonds. The third-order valence-electron chi connectivity index (χ3n) is 5.59. The van der Waals surface area contributed by atoms with Crippen LogP contribution in [-0.2, 0) is 25.6 Å². The van der Waals surface area contributed by atoms with E-state index in [1.54, 1.807) is 30.6 Å². The van der Waals surface area contributed by atoms with Crippen LogP contribution in [0, 0.1) is 12.1 Å². The van der Waals surface area contributed by atoms with E-state index in [9.17, 15) is 4.57 Å². The van der Waals surface area contributed by atoms with Crippen LogP contribution in [0.5, 0.6) is 11.6 Å². The Bertz CT molecular complexity index is 1590. The van der Waals surface area contributed by atoms with Gasteiger partial charge in [-0.1, -0.05) is 47.3 Å². The molecular formula is C28H17N2O2PPt. The molecule has 1 aliphatic rings. The van der Waals surface area contributed by atoms with Crippen molar-refractivity contribution in [2.75, 3.05) is 0 Å². The molecule has 0 saturated heterocycles. The molecule has 0 aliphatic carbocycles. The molecular weight excluding hydrogens is 622 g/mol. The van der Waals surface area contributed by atoms with Gasteiger partial charge in [0.2, 0.25) is 5.88 Å². The fourth-order valence-electron chi connectivity index (χ4n) is 4.11. The van der Waals surface area contributed by atoms with Crippen molar-refractivity contribution in [3.8, 4) is 33.9 Å². The summed E-state index contributed by atoms with van der Waals surface area (Å²) in [5, 5.41) is 1.44. The van der Waals surface area contributed by atoms with E-state index in [-0.39, 0.29) is 33.0 Å². The van der Waals surface area contributed by atoms with Crippen LogP contribution in [0.3, 0.4) is 0 Å². The fourth-order valence-corrected chi connectivity index (χ4v) is 7.00. The fraction of sp³-hybridized carbons (Fsp3) is 0. The summed E-state index contributed by atoms with van der Waals surface area (Å²) in [5.41, 5.74) is 3.90. The second kappa shape index (κ2) is 9.14. The van der Waals surface area contributed by atoms with E-state index < -0.39 is 7.14 Å². The maximum absolute atomic E-state index is 14.6. The standard InChI is InChI=1S/C28H17N2O2P.Pt/c31-33(28-13-4-6-17-30-28)25-11-2-1-10-23(25)24-15-14-21(19-26(24)33)20-8-7-9-22(18-20)32-27-12-3-5-16-29-27;/h1-17H;/q-2;+2/i12D;. The normalized spacial score (nSPS) is 16.1. The monoisotopic (exact) mass is 640 g/mol. The van der Waals surface area contributed by atoms with Gasteiger partial charge in [0.1, 0.15) is 5.44 Å². The zero-order valence-corrected chi connectivity index (χ0v) is 20.9. The predicted molar refractivity (Wildman–Crippen MR) is 130 cm³/mol. The van der Waals surface area contributed by atoms with Gasteiger partial charge in [-0.25, -0.2) is 16.1 Å². The van der Waals surface area contributed by atoms with Gasteiger partial charge in [-0.3, -0.25) is 4.98 Å². The van der Waals surface area contributed by atoms with Crippen molar-refractivity contribution in [3.63, 3.8) is 0 Å². The SMILES string of the molecule is [2H]c1cccnc1Oc1[c-]c(-c2[c-]c3c(cc2)-c2ccccc2P3(=O)c2ccccn2)ccc1.[Pt+2]. The average molecular weight is 641 g/mol. The maximum Gasteiger partial charge on any atom is 2.00 e. The predicted octanol–water partition coefficient (Wildman–Crippen LogP) is 5.15. The Balaban J connectivity index is 0.00000253. The molecule has 0 bridgehead atoms. The zero-order chi connectivity index (χ0) is 23.1. The van der Waals surface area contributed by atoms with Crippen LogP contribution < -0.4 is 20.8 Å². The molecule has 0 fully saturated rings. The number of fused-ring (bicyclic) bond motifs is 3. The van der Waals surface area contributed by atoms with Crippen molar-refractivity contribution in [3.05, 3.63) is 115 Å². The van der Waals surface area contributed by atoms with E-state index in [0.29, 0.717) is 16.5 Å². The number of pyridine rings is 2. The van der Waals surface area contributed by atoms with E-state index in [1.807, 2.05) is 66.7 Å². The van der Waals surface area contributed by atoms with E-state index in [2.05, 4.69) is 22.1 Å². The summed E-state index contributed by atoms with van der Waals surface area (Å²) in [4.78, 5) is 8.58. The molecule has 1 atom stereocenters. The molecule has 6 heteroatoms. The van der Waals surface area contributed by atoms with Crippen molar-refractivity contribution in [2.45, 2.75) is 0 Å². The minimum atomic E-state index is -3.17. The molecule has 0 N–H and O–H groups in total. The molecule has 3 aromatic carbocycles. The molecule has 6 rings (SSSR count). The maximum atomic E-state index is 14.6. The third kappa shape index (κ3) is 3.74. The van der Waals surface area contributed by atoms with Crippen LogP contribution in [0.25, 0.3) is 22.3 Å². The molecule has 1 aliphatic heterocycles. The molecule has 3 heterocycles. The van der Waals surface area contributed by atoms with Crippen LogP contribution in [-0.4, -0.2) is 9.97 Å². The second-order valence-corrected chi connectivity index (χ2v) is 10.2. The van der Waals surface area contributed by atoms with Crippen molar-refractivity contribution in [1.82, 2.24) is 9.97 Å². The molecule has 4 nitrogen and oxygen atoms in total. The number of ether oxygens (including phenoxy) is 1. The largest absolute Gasteiger partial charge is 2.00 e.